The van der Waals surface area contributed by atoms with Crippen LogP contribution in [0.3, 0.4) is 0 Å². The lowest BCUT2D eigenvalue weighted by Crippen LogP contribution is -2.44. The second-order valence-electron chi connectivity index (χ2n) is 6.98. The van der Waals surface area contributed by atoms with Crippen LogP contribution < -0.4 is 5.32 Å². The number of allylic oxidation sites excluding steroid dienone is 3. The van der Waals surface area contributed by atoms with Gasteiger partial charge in [-0.25, -0.2) is 0 Å². The van der Waals surface area contributed by atoms with Gasteiger partial charge in [0.1, 0.15) is 0 Å². The zero-order valence-corrected chi connectivity index (χ0v) is 16.0. The highest BCUT2D eigenvalue weighted by molar-refractivity contribution is 6.31. The summed E-state index contributed by atoms with van der Waals surface area (Å²) >= 11 is 6.22. The van der Waals surface area contributed by atoms with Gasteiger partial charge in [0.2, 0.25) is 0 Å². The highest BCUT2D eigenvalue weighted by Gasteiger charge is 2.55. The largest absolute Gasteiger partial charge is 0.374 e. The van der Waals surface area contributed by atoms with Gasteiger partial charge in [-0.1, -0.05) is 48.0 Å². The molecular weight excluding hydrogens is 374 g/mol. The van der Waals surface area contributed by atoms with Gasteiger partial charge < -0.3 is 10.4 Å². The number of halogens is 1. The van der Waals surface area contributed by atoms with E-state index in [1.54, 1.807) is 55.5 Å². The lowest BCUT2D eigenvalue weighted by atomic mass is 9.73. The highest BCUT2D eigenvalue weighted by Crippen LogP contribution is 2.48. The predicted molar refractivity (Wildman–Crippen MR) is 108 cm³/mol. The Balaban J connectivity index is 1.94. The fourth-order valence-electron chi connectivity index (χ4n) is 3.86. The number of fused-ring (bicyclic) bond motifs is 1. The fraction of sp³-hybridized carbons (Fsp3) is 0.174. The molecule has 2 N–H and O–H groups in total. The average molecular weight is 392 g/mol. The molecule has 2 atom stereocenters. The van der Waals surface area contributed by atoms with Crippen LogP contribution in [0.25, 0.3) is 0 Å². The summed E-state index contributed by atoms with van der Waals surface area (Å²) in [5.41, 5.74) is 3.38. The Hall–Kier alpha value is -2.91. The number of hydrogen-bond acceptors (Lipinski definition) is 3. The number of Topliss-reactive ketones (excluding diaryl/α,β-unsaturated/α-hetero) is 1. The molecule has 2 aliphatic rings. The number of carbonyl (C=O) groups excluding carboxylic acids is 2. The van der Waals surface area contributed by atoms with E-state index in [9.17, 15) is 14.7 Å². The van der Waals surface area contributed by atoms with E-state index in [1.165, 1.54) is 0 Å². The smallest absolute Gasteiger partial charge is 0.262 e. The molecule has 2 aromatic carbocycles. The molecule has 1 aliphatic carbocycles. The van der Waals surface area contributed by atoms with Gasteiger partial charge in [-0.15, -0.1) is 5.73 Å². The first-order chi connectivity index (χ1) is 13.4. The van der Waals surface area contributed by atoms with Gasteiger partial charge in [0.05, 0.1) is 11.6 Å². The molecule has 1 heterocycles. The minimum Gasteiger partial charge on any atom is -0.374 e. The van der Waals surface area contributed by atoms with Crippen molar-refractivity contribution < 1.29 is 14.7 Å². The number of benzene rings is 2. The van der Waals surface area contributed by atoms with E-state index in [4.69, 9.17) is 11.6 Å². The zero-order chi connectivity index (χ0) is 19.9. The normalized spacial score (nSPS) is 21.1. The number of aryl methyl sites for hydroxylation is 1. The van der Waals surface area contributed by atoms with Gasteiger partial charge in [0.25, 0.3) is 5.91 Å². The van der Waals surface area contributed by atoms with Crippen molar-refractivity contribution in [3.63, 3.8) is 0 Å². The average Bonchev–Trinajstić information content (AvgIpc) is 2.95. The van der Waals surface area contributed by atoms with E-state index in [1.807, 2.05) is 12.1 Å². The molecule has 0 saturated carbocycles. The van der Waals surface area contributed by atoms with Crippen LogP contribution in [-0.2, 0) is 15.2 Å². The van der Waals surface area contributed by atoms with Crippen molar-refractivity contribution in [3.8, 4) is 0 Å². The molecule has 4 nitrogen and oxygen atoms in total. The molecule has 0 radical (unpaired) electrons. The van der Waals surface area contributed by atoms with E-state index in [0.717, 1.165) is 5.56 Å². The Kier molecular flexibility index (Phi) is 4.56. The third-order valence-electron chi connectivity index (χ3n) is 5.21. The highest BCUT2D eigenvalue weighted by atomic mass is 35.5. The van der Waals surface area contributed by atoms with Gasteiger partial charge in [-0.3, -0.25) is 9.59 Å². The summed E-state index contributed by atoms with van der Waals surface area (Å²) in [6.07, 6.45) is 5.74. The summed E-state index contributed by atoms with van der Waals surface area (Å²) in [5.74, 6) is -2.09. The van der Waals surface area contributed by atoms with Crippen molar-refractivity contribution in [2.24, 2.45) is 0 Å². The number of amides is 1. The first-order valence-corrected chi connectivity index (χ1v) is 9.35. The maximum Gasteiger partial charge on any atom is 0.262 e. The molecule has 2 aromatic rings. The SMILES string of the molecule is Cc1cc(Cl)cc2c1NC(=O)[C@@]2(O)[C@@H](C(=O)C1=CCC=C=C1)c1ccccc1. The minimum atomic E-state index is -2.07. The molecule has 0 unspecified atom stereocenters. The second-order valence-corrected chi connectivity index (χ2v) is 7.42. The van der Waals surface area contributed by atoms with Gasteiger partial charge in [-0.05, 0) is 48.8 Å². The topological polar surface area (TPSA) is 66.4 Å². The molecule has 0 aromatic heterocycles. The lowest BCUT2D eigenvalue weighted by Gasteiger charge is -2.31. The van der Waals surface area contributed by atoms with Gasteiger partial charge in [-0.2, -0.15) is 0 Å². The van der Waals surface area contributed by atoms with Crippen LogP contribution in [0.1, 0.15) is 29.0 Å². The molecule has 1 amide bonds. The fourth-order valence-corrected chi connectivity index (χ4v) is 4.13. The standard InChI is InChI=1S/C23H18ClNO3/c1-14-12-17(24)13-18-20(14)25-22(27)23(18,28)19(15-8-4-2-5-9-15)21(26)16-10-6-3-7-11-16/h2-5,8-13,19,28H,6H2,1H3,(H,25,27)/t19-,23+/m1/s1. The summed E-state index contributed by atoms with van der Waals surface area (Å²) in [4.78, 5) is 26.5. The van der Waals surface area contributed by atoms with Crippen molar-refractivity contribution in [3.05, 3.63) is 93.7 Å². The van der Waals surface area contributed by atoms with Gasteiger partial charge >= 0.3 is 0 Å². The summed E-state index contributed by atoms with van der Waals surface area (Å²) in [6, 6.07) is 12.1. The molecule has 0 bridgehead atoms. The van der Waals surface area contributed by atoms with E-state index in [0.29, 0.717) is 33.8 Å². The number of ketones is 1. The van der Waals surface area contributed by atoms with Crippen LogP contribution in [0.4, 0.5) is 5.69 Å². The van der Waals surface area contributed by atoms with Crippen molar-refractivity contribution in [1.29, 1.82) is 0 Å². The molecule has 5 heteroatoms. The molecule has 0 fully saturated rings. The number of carbonyl (C=O) groups is 2. The molecule has 1 aliphatic heterocycles. The van der Waals surface area contributed by atoms with Crippen molar-refractivity contribution in [2.75, 3.05) is 5.32 Å². The maximum atomic E-state index is 13.5. The minimum absolute atomic E-state index is 0.320. The third-order valence-corrected chi connectivity index (χ3v) is 5.42. The Morgan fingerprint density at radius 2 is 2.04 bits per heavy atom. The number of nitrogens with one attached hydrogen (secondary N) is 1. The second kappa shape index (κ2) is 6.92. The Labute approximate surface area is 167 Å². The van der Waals surface area contributed by atoms with E-state index in [-0.39, 0.29) is 5.78 Å². The summed E-state index contributed by atoms with van der Waals surface area (Å²) in [5, 5.41) is 14.8. The lowest BCUT2D eigenvalue weighted by molar-refractivity contribution is -0.141. The molecule has 28 heavy (non-hydrogen) atoms. The monoisotopic (exact) mass is 391 g/mol. The Bertz CT molecular complexity index is 1080. The third kappa shape index (κ3) is 2.83. The predicted octanol–water partition coefficient (Wildman–Crippen LogP) is 4.18. The van der Waals surface area contributed by atoms with E-state index in [2.05, 4.69) is 11.0 Å². The summed E-state index contributed by atoms with van der Waals surface area (Å²) < 4.78 is 0. The van der Waals surface area contributed by atoms with Crippen LogP contribution in [0, 0.1) is 6.92 Å². The Morgan fingerprint density at radius 3 is 2.71 bits per heavy atom. The van der Waals surface area contributed by atoms with Crippen LogP contribution in [-0.4, -0.2) is 16.8 Å². The number of rotatable bonds is 4. The molecule has 0 saturated heterocycles. The molecule has 140 valence electrons. The number of anilines is 1. The summed E-state index contributed by atoms with van der Waals surface area (Å²) in [6.45, 7) is 1.80. The zero-order valence-electron chi connectivity index (χ0n) is 15.2. The van der Waals surface area contributed by atoms with Gasteiger partial charge in [0.15, 0.2) is 11.4 Å². The molecule has 4 rings (SSSR count). The maximum absolute atomic E-state index is 13.5. The van der Waals surface area contributed by atoms with Crippen molar-refractivity contribution in [1.82, 2.24) is 0 Å². The first-order valence-electron chi connectivity index (χ1n) is 8.97. The molecule has 0 spiro atoms. The van der Waals surface area contributed by atoms with Crippen LogP contribution in [0.5, 0.6) is 0 Å². The van der Waals surface area contributed by atoms with E-state index < -0.39 is 17.4 Å². The quantitative estimate of drug-likeness (QED) is 0.768. The van der Waals surface area contributed by atoms with E-state index >= 15 is 0 Å². The van der Waals surface area contributed by atoms with Crippen LogP contribution in [0.2, 0.25) is 5.02 Å². The van der Waals surface area contributed by atoms with Crippen LogP contribution in [0.15, 0.2) is 72.0 Å². The number of aliphatic hydroxyl groups is 1. The number of hydrogen-bond donors (Lipinski definition) is 2. The Morgan fingerprint density at radius 1 is 1.29 bits per heavy atom. The van der Waals surface area contributed by atoms with Crippen LogP contribution >= 0.6 is 11.6 Å². The first kappa shape index (κ1) is 18.5. The van der Waals surface area contributed by atoms with Crippen molar-refractivity contribution >= 4 is 29.0 Å². The van der Waals surface area contributed by atoms with Gasteiger partial charge in [0, 0.05) is 16.2 Å². The summed E-state index contributed by atoms with van der Waals surface area (Å²) in [7, 11) is 0. The van der Waals surface area contributed by atoms with Crippen molar-refractivity contribution in [2.45, 2.75) is 24.9 Å². The molecular formula is C23H18ClNO3.